The van der Waals surface area contributed by atoms with Gasteiger partial charge in [0.25, 0.3) is 0 Å². The van der Waals surface area contributed by atoms with E-state index >= 15 is 0 Å². The van der Waals surface area contributed by atoms with E-state index in [1.165, 1.54) is 114 Å². The zero-order chi connectivity index (χ0) is 19.6. The summed E-state index contributed by atoms with van der Waals surface area (Å²) in [5.74, 6) is 1.07. The summed E-state index contributed by atoms with van der Waals surface area (Å²) < 4.78 is 3.51. The first-order valence-electron chi connectivity index (χ1n) is 10.4. The van der Waals surface area contributed by atoms with Gasteiger partial charge in [0, 0.05) is 5.38 Å². The molecule has 0 aliphatic carbocycles. The maximum absolute atomic E-state index is 6.00. The second kappa shape index (κ2) is 29.6. The molecule has 1 aromatic rings. The summed E-state index contributed by atoms with van der Waals surface area (Å²) in [6, 6.07) is 0. The Balaban J connectivity index is 0. The van der Waals surface area contributed by atoms with Gasteiger partial charge in [-0.3, -0.25) is 10.5 Å². The van der Waals surface area contributed by atoms with Crippen molar-refractivity contribution in [2.24, 2.45) is 0 Å². The van der Waals surface area contributed by atoms with Gasteiger partial charge in [0.15, 0.2) is 0 Å². The second-order valence-electron chi connectivity index (χ2n) is 6.61. The molecule has 0 aliphatic heterocycles. The highest BCUT2D eigenvalue weighted by Gasteiger charge is 1.94. The van der Waals surface area contributed by atoms with Crippen LogP contribution in [0.5, 0.6) is 0 Å². The van der Waals surface area contributed by atoms with Crippen LogP contribution >= 0.6 is 24.2 Å². The molecule has 0 fully saturated rings. The van der Waals surface area contributed by atoms with E-state index in [9.17, 15) is 0 Å². The molecule has 6 heteroatoms. The average molecular weight is 407 g/mol. The van der Waals surface area contributed by atoms with Crippen molar-refractivity contribution in [1.29, 1.82) is 0 Å². The Kier molecular flexibility index (Phi) is 31.9. The molecule has 0 saturated heterocycles. The molecule has 26 heavy (non-hydrogen) atoms. The van der Waals surface area contributed by atoms with Crippen molar-refractivity contribution in [3.63, 3.8) is 0 Å². The number of hydrogen-bond acceptors (Lipinski definition) is 6. The molecule has 0 radical (unpaired) electrons. The fourth-order valence-corrected chi connectivity index (χ4v) is 3.29. The van der Waals surface area contributed by atoms with Crippen LogP contribution in [0.1, 0.15) is 110 Å². The zero-order valence-electron chi connectivity index (χ0n) is 16.8. The largest absolute Gasteiger partial charge is 0.255 e. The van der Waals surface area contributed by atoms with Crippen molar-refractivity contribution >= 4 is 24.2 Å². The number of thiol groups is 1. The Morgan fingerprint density at radius 2 is 1.08 bits per heavy atom. The van der Waals surface area contributed by atoms with Gasteiger partial charge in [-0.15, -0.1) is 5.10 Å². The lowest BCUT2D eigenvalue weighted by Crippen LogP contribution is -1.83. The summed E-state index contributed by atoms with van der Waals surface area (Å²) in [7, 11) is 0. The highest BCUT2D eigenvalue weighted by Crippen LogP contribution is 2.13. The molecule has 0 aromatic carbocycles. The standard InChI is InChI=1S/C18H38S.C2H2N2S.H2O2/c1-2-3-4-5-6-7-8-9-10-11-12-13-14-15-16-17-18-19;1-2-5-4-3-1;1-2/h19H,2-18H2,1H3;1-2H;1-2H. The van der Waals surface area contributed by atoms with E-state index in [0.29, 0.717) is 0 Å². The Morgan fingerprint density at radius 3 is 1.31 bits per heavy atom. The molecule has 0 atom stereocenters. The van der Waals surface area contributed by atoms with Crippen molar-refractivity contribution in [2.75, 3.05) is 5.75 Å². The van der Waals surface area contributed by atoms with E-state index in [1.807, 2.05) is 5.38 Å². The lowest BCUT2D eigenvalue weighted by Gasteiger charge is -2.03. The van der Waals surface area contributed by atoms with Crippen LogP contribution in [0.3, 0.4) is 0 Å². The number of rotatable bonds is 16. The number of unbranched alkanes of at least 4 members (excludes halogenated alkanes) is 15. The molecule has 0 aliphatic rings. The predicted molar refractivity (Wildman–Crippen MR) is 119 cm³/mol. The van der Waals surface area contributed by atoms with Gasteiger partial charge in [0.05, 0.1) is 6.20 Å². The van der Waals surface area contributed by atoms with E-state index in [0.717, 1.165) is 5.75 Å². The molecule has 0 saturated carbocycles. The van der Waals surface area contributed by atoms with Gasteiger partial charge in [-0.05, 0) is 23.7 Å². The average Bonchev–Trinajstić information content (AvgIpc) is 3.27. The van der Waals surface area contributed by atoms with E-state index in [4.69, 9.17) is 10.5 Å². The summed E-state index contributed by atoms with van der Waals surface area (Å²) in [6.07, 6.45) is 24.8. The molecule has 0 unspecified atom stereocenters. The molecule has 4 nitrogen and oxygen atoms in total. The van der Waals surface area contributed by atoms with Crippen LogP contribution in [0.2, 0.25) is 0 Å². The Morgan fingerprint density at radius 1 is 0.692 bits per heavy atom. The molecule has 0 spiro atoms. The molecule has 0 amide bonds. The van der Waals surface area contributed by atoms with E-state index in [-0.39, 0.29) is 0 Å². The lowest BCUT2D eigenvalue weighted by atomic mass is 10.0. The third-order valence-corrected chi connectivity index (χ3v) is 5.04. The monoisotopic (exact) mass is 406 g/mol. The molecular weight excluding hydrogens is 364 g/mol. The summed E-state index contributed by atoms with van der Waals surface area (Å²) in [5, 5.41) is 17.3. The Bertz CT molecular complexity index is 269. The maximum atomic E-state index is 6.00. The quantitative estimate of drug-likeness (QED) is 0.114. The first kappa shape index (κ1) is 28.0. The van der Waals surface area contributed by atoms with Crippen molar-refractivity contribution in [3.05, 3.63) is 11.6 Å². The number of aromatic nitrogens is 2. The van der Waals surface area contributed by atoms with Crippen LogP contribution in [0.15, 0.2) is 11.6 Å². The van der Waals surface area contributed by atoms with Gasteiger partial charge in [0.1, 0.15) is 0 Å². The normalized spacial score (nSPS) is 9.85. The van der Waals surface area contributed by atoms with Crippen LogP contribution in [-0.4, -0.2) is 25.9 Å². The van der Waals surface area contributed by atoms with Gasteiger partial charge < -0.3 is 0 Å². The first-order chi connectivity index (χ1) is 12.9. The number of hydrogen-bond donors (Lipinski definition) is 3. The summed E-state index contributed by atoms with van der Waals surface area (Å²) in [4.78, 5) is 0. The fourth-order valence-electron chi connectivity index (χ4n) is 2.80. The van der Waals surface area contributed by atoms with Gasteiger partial charge in [-0.25, -0.2) is 0 Å². The molecule has 0 bridgehead atoms. The lowest BCUT2D eigenvalue weighted by molar-refractivity contribution is -0.176. The van der Waals surface area contributed by atoms with Crippen molar-refractivity contribution in [3.8, 4) is 0 Å². The van der Waals surface area contributed by atoms with Crippen molar-refractivity contribution in [2.45, 2.75) is 110 Å². The minimum atomic E-state index is 1.07. The zero-order valence-corrected chi connectivity index (χ0v) is 18.5. The smallest absolute Gasteiger partial charge is 0.0620 e. The first-order valence-corrected chi connectivity index (χ1v) is 11.9. The van der Waals surface area contributed by atoms with Crippen LogP contribution in [-0.2, 0) is 0 Å². The van der Waals surface area contributed by atoms with E-state index in [1.54, 1.807) is 6.20 Å². The summed E-state index contributed by atoms with van der Waals surface area (Å²) >= 11 is 5.60. The molecule has 156 valence electrons. The molecule has 2 N–H and O–H groups in total. The molecule has 1 heterocycles. The highest BCUT2D eigenvalue weighted by molar-refractivity contribution is 7.80. The minimum absolute atomic E-state index is 1.07. The van der Waals surface area contributed by atoms with Crippen LogP contribution in [0.4, 0.5) is 0 Å². The predicted octanol–water partition coefficient (Wildman–Crippen LogP) is 7.73. The van der Waals surface area contributed by atoms with Crippen molar-refractivity contribution in [1.82, 2.24) is 9.59 Å². The molecular formula is C20H42N2O2S2. The SMILES string of the molecule is CCCCCCCCCCCCCCCCCCS.OO.c1csnn1. The van der Waals surface area contributed by atoms with Crippen LogP contribution in [0.25, 0.3) is 0 Å². The molecule has 1 rings (SSSR count). The number of nitrogens with zero attached hydrogens (tertiary/aromatic N) is 2. The third kappa shape index (κ3) is 28.6. The molecule has 1 aromatic heterocycles. The van der Waals surface area contributed by atoms with Gasteiger partial charge in [0.2, 0.25) is 0 Å². The van der Waals surface area contributed by atoms with Crippen molar-refractivity contribution < 1.29 is 10.5 Å². The summed E-state index contributed by atoms with van der Waals surface area (Å²) in [6.45, 7) is 2.29. The second-order valence-corrected chi connectivity index (χ2v) is 7.71. The van der Waals surface area contributed by atoms with E-state index < -0.39 is 0 Å². The Hall–Kier alpha value is -0.170. The van der Waals surface area contributed by atoms with Gasteiger partial charge in [-0.2, -0.15) is 12.6 Å². The minimum Gasteiger partial charge on any atom is -0.255 e. The van der Waals surface area contributed by atoms with Gasteiger partial charge in [-0.1, -0.05) is 108 Å². The van der Waals surface area contributed by atoms with Crippen LogP contribution in [0, 0.1) is 0 Å². The van der Waals surface area contributed by atoms with Gasteiger partial charge >= 0.3 is 0 Å². The summed E-state index contributed by atoms with van der Waals surface area (Å²) in [5.41, 5.74) is 0. The fraction of sp³-hybridized carbons (Fsp3) is 0.900. The van der Waals surface area contributed by atoms with E-state index in [2.05, 4.69) is 29.1 Å². The topological polar surface area (TPSA) is 66.2 Å². The maximum Gasteiger partial charge on any atom is 0.0620 e. The Labute approximate surface area is 171 Å². The van der Waals surface area contributed by atoms with Crippen LogP contribution < -0.4 is 0 Å². The third-order valence-electron chi connectivity index (χ3n) is 4.29. The highest BCUT2D eigenvalue weighted by atomic mass is 32.1.